The van der Waals surface area contributed by atoms with Crippen molar-refractivity contribution in [3.8, 4) is 0 Å². The molecule has 3 rings (SSSR count). The average Bonchev–Trinajstić information content (AvgIpc) is 2.64. The summed E-state index contributed by atoms with van der Waals surface area (Å²) in [5.41, 5.74) is 1.04. The first-order valence-corrected chi connectivity index (χ1v) is 9.37. The monoisotopic (exact) mass is 343 g/mol. The molecule has 2 amide bonds. The molecule has 2 aliphatic heterocycles. The van der Waals surface area contributed by atoms with Crippen LogP contribution in [-0.4, -0.2) is 54.8 Å². The Bertz CT molecular complexity index is 630. The summed E-state index contributed by atoms with van der Waals surface area (Å²) in [6, 6.07) is 7.37. The van der Waals surface area contributed by atoms with Gasteiger partial charge in [0.1, 0.15) is 0 Å². The van der Waals surface area contributed by atoms with Crippen molar-refractivity contribution in [2.24, 2.45) is 5.41 Å². The third kappa shape index (κ3) is 4.21. The van der Waals surface area contributed by atoms with E-state index in [1.165, 1.54) is 6.42 Å². The molecular formula is C20H29N3O2. The van der Waals surface area contributed by atoms with E-state index in [-0.39, 0.29) is 17.2 Å². The molecule has 2 fully saturated rings. The highest BCUT2D eigenvalue weighted by molar-refractivity contribution is 5.98. The molecule has 1 aromatic carbocycles. The Morgan fingerprint density at radius 2 is 1.72 bits per heavy atom. The van der Waals surface area contributed by atoms with Crippen molar-refractivity contribution in [1.82, 2.24) is 9.80 Å². The SMILES string of the molecule is CN1CCC(C)(C(=O)Nc2cccc(C(=O)N3CCCCC3)c2)CC1. The molecule has 5 nitrogen and oxygen atoms in total. The Morgan fingerprint density at radius 1 is 1.04 bits per heavy atom. The van der Waals surface area contributed by atoms with Gasteiger partial charge in [0.2, 0.25) is 5.91 Å². The van der Waals surface area contributed by atoms with Crippen LogP contribution >= 0.6 is 0 Å². The number of carbonyl (C=O) groups is 2. The molecular weight excluding hydrogens is 314 g/mol. The van der Waals surface area contributed by atoms with E-state index in [2.05, 4.69) is 17.3 Å². The molecule has 25 heavy (non-hydrogen) atoms. The Kier molecular flexibility index (Phi) is 5.42. The number of carbonyl (C=O) groups excluding carboxylic acids is 2. The highest BCUT2D eigenvalue weighted by Gasteiger charge is 2.36. The van der Waals surface area contributed by atoms with Gasteiger partial charge in [0.25, 0.3) is 5.91 Å². The van der Waals surface area contributed by atoms with Crippen LogP contribution < -0.4 is 5.32 Å². The average molecular weight is 343 g/mol. The van der Waals surface area contributed by atoms with Crippen LogP contribution in [0.5, 0.6) is 0 Å². The van der Waals surface area contributed by atoms with Gasteiger partial charge in [-0.25, -0.2) is 0 Å². The summed E-state index contributed by atoms with van der Waals surface area (Å²) in [6.45, 7) is 5.59. The summed E-state index contributed by atoms with van der Waals surface area (Å²) in [7, 11) is 2.09. The second-order valence-electron chi connectivity index (χ2n) is 7.75. The summed E-state index contributed by atoms with van der Waals surface area (Å²) >= 11 is 0. The molecule has 0 aliphatic carbocycles. The van der Waals surface area contributed by atoms with Crippen LogP contribution in [-0.2, 0) is 4.79 Å². The van der Waals surface area contributed by atoms with E-state index in [1.54, 1.807) is 0 Å². The van der Waals surface area contributed by atoms with E-state index in [1.807, 2.05) is 36.1 Å². The van der Waals surface area contributed by atoms with Gasteiger partial charge >= 0.3 is 0 Å². The minimum atomic E-state index is -0.334. The lowest BCUT2D eigenvalue weighted by Crippen LogP contribution is -2.43. The van der Waals surface area contributed by atoms with Gasteiger partial charge in [-0.3, -0.25) is 9.59 Å². The number of hydrogen-bond donors (Lipinski definition) is 1. The summed E-state index contributed by atoms with van der Waals surface area (Å²) in [6.07, 6.45) is 5.08. The fraction of sp³-hybridized carbons (Fsp3) is 0.600. The molecule has 0 radical (unpaired) electrons. The van der Waals surface area contributed by atoms with E-state index in [0.29, 0.717) is 11.3 Å². The first kappa shape index (κ1) is 17.9. The zero-order valence-electron chi connectivity index (χ0n) is 15.4. The minimum Gasteiger partial charge on any atom is -0.339 e. The lowest BCUT2D eigenvalue weighted by atomic mass is 9.79. The van der Waals surface area contributed by atoms with Crippen molar-refractivity contribution in [2.75, 3.05) is 38.5 Å². The van der Waals surface area contributed by atoms with E-state index < -0.39 is 0 Å². The van der Waals surface area contributed by atoms with Crippen LogP contribution in [0, 0.1) is 5.41 Å². The van der Waals surface area contributed by atoms with E-state index in [0.717, 1.165) is 51.9 Å². The molecule has 5 heteroatoms. The maximum atomic E-state index is 12.8. The number of piperidine rings is 2. The molecule has 0 atom stereocenters. The lowest BCUT2D eigenvalue weighted by Gasteiger charge is -2.36. The second kappa shape index (κ2) is 7.56. The third-order valence-electron chi connectivity index (χ3n) is 5.65. The number of anilines is 1. The number of rotatable bonds is 3. The molecule has 1 N–H and O–H groups in total. The van der Waals surface area contributed by atoms with Crippen molar-refractivity contribution >= 4 is 17.5 Å². The van der Waals surface area contributed by atoms with E-state index >= 15 is 0 Å². The van der Waals surface area contributed by atoms with E-state index in [9.17, 15) is 9.59 Å². The van der Waals surface area contributed by atoms with Crippen LogP contribution in [0.25, 0.3) is 0 Å². The Balaban J connectivity index is 1.67. The molecule has 2 aliphatic rings. The van der Waals surface area contributed by atoms with Gasteiger partial charge in [0.05, 0.1) is 0 Å². The molecule has 136 valence electrons. The van der Waals surface area contributed by atoms with Crippen molar-refractivity contribution in [3.63, 3.8) is 0 Å². The number of amides is 2. The minimum absolute atomic E-state index is 0.0585. The standard InChI is InChI=1S/C20H29N3O2/c1-20(9-13-22(2)14-10-20)19(25)21-17-8-6-7-16(15-17)18(24)23-11-4-3-5-12-23/h6-8,15H,3-5,9-14H2,1-2H3,(H,21,25). The fourth-order valence-corrected chi connectivity index (χ4v) is 3.63. The summed E-state index contributed by atoms with van der Waals surface area (Å²) in [5, 5.41) is 3.04. The molecule has 2 heterocycles. The molecule has 0 spiro atoms. The maximum absolute atomic E-state index is 12.8. The lowest BCUT2D eigenvalue weighted by molar-refractivity contribution is -0.127. The first-order valence-electron chi connectivity index (χ1n) is 9.37. The van der Waals surface area contributed by atoms with Crippen LogP contribution in [0.2, 0.25) is 0 Å². The van der Waals surface area contributed by atoms with Crippen LogP contribution in [0.15, 0.2) is 24.3 Å². The van der Waals surface area contributed by atoms with Gasteiger partial charge in [0.15, 0.2) is 0 Å². The first-order chi connectivity index (χ1) is 12.0. The Morgan fingerprint density at radius 3 is 2.40 bits per heavy atom. The number of benzene rings is 1. The fourth-order valence-electron chi connectivity index (χ4n) is 3.63. The normalized spacial score (nSPS) is 21.0. The number of nitrogens with one attached hydrogen (secondary N) is 1. The highest BCUT2D eigenvalue weighted by atomic mass is 16.2. The summed E-state index contributed by atoms with van der Waals surface area (Å²) in [4.78, 5) is 29.6. The molecule has 0 saturated carbocycles. The molecule has 1 aromatic rings. The molecule has 0 unspecified atom stereocenters. The van der Waals surface area contributed by atoms with Gasteiger partial charge in [-0.2, -0.15) is 0 Å². The van der Waals surface area contributed by atoms with Crippen molar-refractivity contribution in [3.05, 3.63) is 29.8 Å². The predicted molar refractivity (Wildman–Crippen MR) is 99.7 cm³/mol. The van der Waals surface area contributed by atoms with Gasteiger partial charge in [-0.05, 0) is 70.4 Å². The van der Waals surface area contributed by atoms with Crippen LogP contribution in [0.3, 0.4) is 0 Å². The second-order valence-corrected chi connectivity index (χ2v) is 7.75. The predicted octanol–water partition coefficient (Wildman–Crippen LogP) is 2.98. The smallest absolute Gasteiger partial charge is 0.253 e. The van der Waals surface area contributed by atoms with Gasteiger partial charge in [0, 0.05) is 29.8 Å². The number of nitrogens with zero attached hydrogens (tertiary/aromatic N) is 2. The van der Waals surface area contributed by atoms with Crippen LogP contribution in [0.4, 0.5) is 5.69 Å². The van der Waals surface area contributed by atoms with Crippen molar-refractivity contribution < 1.29 is 9.59 Å². The topological polar surface area (TPSA) is 52.7 Å². The largest absolute Gasteiger partial charge is 0.339 e. The van der Waals surface area contributed by atoms with Gasteiger partial charge in [-0.15, -0.1) is 0 Å². The highest BCUT2D eigenvalue weighted by Crippen LogP contribution is 2.32. The number of likely N-dealkylation sites (tertiary alicyclic amines) is 2. The van der Waals surface area contributed by atoms with Crippen LogP contribution in [0.1, 0.15) is 49.4 Å². The zero-order valence-corrected chi connectivity index (χ0v) is 15.4. The molecule has 0 aromatic heterocycles. The molecule has 0 bridgehead atoms. The Labute approximate surface area is 150 Å². The quantitative estimate of drug-likeness (QED) is 0.918. The van der Waals surface area contributed by atoms with E-state index in [4.69, 9.17) is 0 Å². The summed E-state index contributed by atoms with van der Waals surface area (Å²) < 4.78 is 0. The number of hydrogen-bond acceptors (Lipinski definition) is 3. The summed E-state index contributed by atoms with van der Waals surface area (Å²) in [5.74, 6) is 0.129. The van der Waals surface area contributed by atoms with Crippen molar-refractivity contribution in [1.29, 1.82) is 0 Å². The van der Waals surface area contributed by atoms with Gasteiger partial charge < -0.3 is 15.1 Å². The Hall–Kier alpha value is -1.88. The maximum Gasteiger partial charge on any atom is 0.253 e. The van der Waals surface area contributed by atoms with Crippen molar-refractivity contribution in [2.45, 2.75) is 39.0 Å². The molecule has 2 saturated heterocycles. The zero-order chi connectivity index (χ0) is 17.9. The third-order valence-corrected chi connectivity index (χ3v) is 5.65. The van der Waals surface area contributed by atoms with Gasteiger partial charge in [-0.1, -0.05) is 13.0 Å².